The summed E-state index contributed by atoms with van der Waals surface area (Å²) >= 11 is 3.43. The van der Waals surface area contributed by atoms with Crippen molar-refractivity contribution >= 4 is 21.4 Å². The van der Waals surface area contributed by atoms with E-state index in [1.54, 1.807) is 24.9 Å². The minimum Gasteiger partial charge on any atom is -0.310 e. The predicted octanol–water partition coefficient (Wildman–Crippen LogP) is 0.889. The van der Waals surface area contributed by atoms with Crippen LogP contribution in [0.2, 0.25) is 0 Å². The molecule has 92 valence electrons. The lowest BCUT2D eigenvalue weighted by Crippen LogP contribution is -2.11. The van der Waals surface area contributed by atoms with Crippen molar-refractivity contribution in [2.45, 2.75) is 6.92 Å². The zero-order valence-electron chi connectivity index (χ0n) is 9.68. The highest BCUT2D eigenvalue weighted by atomic mass is 79.9. The molecule has 0 unspecified atom stereocenters. The number of hydrogen-bond acceptors (Lipinski definition) is 4. The molecule has 3 aromatic rings. The maximum atomic E-state index is 11.9. The van der Waals surface area contributed by atoms with E-state index in [-0.39, 0.29) is 5.56 Å². The summed E-state index contributed by atoms with van der Waals surface area (Å²) in [5.41, 5.74) is 1.53. The van der Waals surface area contributed by atoms with Gasteiger partial charge in [-0.2, -0.15) is 10.2 Å². The lowest BCUT2D eigenvalue weighted by atomic mass is 10.2. The Labute approximate surface area is 110 Å². The molecule has 0 fully saturated rings. The highest BCUT2D eigenvalue weighted by molar-refractivity contribution is 9.10. The van der Waals surface area contributed by atoms with Gasteiger partial charge < -0.3 is 4.98 Å². The Morgan fingerprint density at radius 3 is 2.83 bits per heavy atom. The molecule has 3 rings (SSSR count). The van der Waals surface area contributed by atoms with E-state index in [1.807, 2.05) is 0 Å². The monoisotopic (exact) mass is 308 g/mol. The van der Waals surface area contributed by atoms with Crippen molar-refractivity contribution in [3.63, 3.8) is 0 Å². The van der Waals surface area contributed by atoms with Crippen molar-refractivity contribution in [1.82, 2.24) is 29.4 Å². The summed E-state index contributed by atoms with van der Waals surface area (Å²) in [5.74, 6) is 0.654. The quantitative estimate of drug-likeness (QED) is 0.724. The van der Waals surface area contributed by atoms with Crippen LogP contribution in [-0.2, 0) is 7.05 Å². The Bertz CT molecular complexity index is 798. The van der Waals surface area contributed by atoms with Gasteiger partial charge in [0.15, 0.2) is 5.52 Å². The van der Waals surface area contributed by atoms with Gasteiger partial charge in [0.1, 0.15) is 22.4 Å². The van der Waals surface area contributed by atoms with Gasteiger partial charge in [0.05, 0.1) is 11.8 Å². The van der Waals surface area contributed by atoms with Crippen molar-refractivity contribution in [2.75, 3.05) is 0 Å². The number of nitrogens with zero attached hydrogens (tertiary/aromatic N) is 5. The molecule has 3 aromatic heterocycles. The van der Waals surface area contributed by atoms with Crippen molar-refractivity contribution < 1.29 is 0 Å². The van der Waals surface area contributed by atoms with Crippen LogP contribution in [0.15, 0.2) is 21.9 Å². The van der Waals surface area contributed by atoms with Gasteiger partial charge in [-0.05, 0) is 22.9 Å². The third-order valence-corrected chi connectivity index (χ3v) is 3.66. The maximum Gasteiger partial charge on any atom is 0.277 e. The first kappa shape index (κ1) is 11.1. The topological polar surface area (TPSA) is 80.9 Å². The molecule has 0 aliphatic heterocycles. The van der Waals surface area contributed by atoms with Gasteiger partial charge in [-0.3, -0.25) is 9.48 Å². The molecule has 0 aromatic carbocycles. The zero-order chi connectivity index (χ0) is 12.9. The number of aromatic nitrogens is 6. The lowest BCUT2D eigenvalue weighted by Gasteiger charge is -1.96. The molecule has 0 aliphatic carbocycles. The molecule has 18 heavy (non-hydrogen) atoms. The molecule has 0 amide bonds. The van der Waals surface area contributed by atoms with Gasteiger partial charge in [0, 0.05) is 7.05 Å². The Kier molecular flexibility index (Phi) is 2.34. The second kappa shape index (κ2) is 3.77. The number of hydrogen-bond donors (Lipinski definition) is 1. The first-order valence-electron chi connectivity index (χ1n) is 5.20. The fourth-order valence-corrected chi connectivity index (χ4v) is 2.23. The Balaban J connectivity index is 2.44. The van der Waals surface area contributed by atoms with E-state index >= 15 is 0 Å². The SMILES string of the molecule is Cc1nc(-c2cnn(C)c2Br)c2c(=O)[nH]cnn12. The van der Waals surface area contributed by atoms with Gasteiger partial charge in [-0.1, -0.05) is 0 Å². The molecule has 0 radical (unpaired) electrons. The number of aryl methyl sites for hydroxylation is 2. The van der Waals surface area contributed by atoms with E-state index in [1.165, 1.54) is 10.8 Å². The van der Waals surface area contributed by atoms with E-state index in [0.717, 1.165) is 10.2 Å². The Morgan fingerprint density at radius 1 is 1.39 bits per heavy atom. The third kappa shape index (κ3) is 1.42. The number of halogens is 1. The first-order chi connectivity index (χ1) is 8.59. The molecule has 0 aliphatic rings. The van der Waals surface area contributed by atoms with Crippen LogP contribution in [0.5, 0.6) is 0 Å². The molecule has 8 heteroatoms. The molecule has 0 spiro atoms. The van der Waals surface area contributed by atoms with Crippen molar-refractivity contribution in [3.8, 4) is 11.3 Å². The second-order valence-electron chi connectivity index (χ2n) is 3.86. The van der Waals surface area contributed by atoms with Crippen LogP contribution >= 0.6 is 15.9 Å². The maximum absolute atomic E-state index is 11.9. The first-order valence-corrected chi connectivity index (χ1v) is 6.00. The Hall–Kier alpha value is -1.96. The number of H-pyrrole nitrogens is 1. The fourth-order valence-electron chi connectivity index (χ4n) is 1.85. The van der Waals surface area contributed by atoms with E-state index in [4.69, 9.17) is 0 Å². The number of imidazole rings is 1. The summed E-state index contributed by atoms with van der Waals surface area (Å²) in [6, 6.07) is 0. The summed E-state index contributed by atoms with van der Waals surface area (Å²) in [7, 11) is 1.81. The average Bonchev–Trinajstić information content (AvgIpc) is 2.84. The van der Waals surface area contributed by atoms with Crippen molar-refractivity contribution in [1.29, 1.82) is 0 Å². The summed E-state index contributed by atoms with van der Waals surface area (Å²) in [5, 5.41) is 8.21. The van der Waals surface area contributed by atoms with Crippen LogP contribution in [0.1, 0.15) is 5.82 Å². The lowest BCUT2D eigenvalue weighted by molar-refractivity contribution is 0.750. The largest absolute Gasteiger partial charge is 0.310 e. The standard InChI is InChI=1S/C10H9BrN6O/c1-5-15-7(6-3-13-16(2)9(6)11)8-10(18)12-4-14-17(5)8/h3-4H,1-2H3,(H,12,14,18). The summed E-state index contributed by atoms with van der Waals surface area (Å²) in [4.78, 5) is 18.9. The van der Waals surface area contributed by atoms with E-state index in [9.17, 15) is 4.79 Å². The summed E-state index contributed by atoms with van der Waals surface area (Å²) in [6.07, 6.45) is 3.02. The van der Waals surface area contributed by atoms with Crippen LogP contribution in [0.3, 0.4) is 0 Å². The molecular formula is C10H9BrN6O. The van der Waals surface area contributed by atoms with E-state index in [0.29, 0.717) is 17.0 Å². The molecule has 0 atom stereocenters. The highest BCUT2D eigenvalue weighted by Crippen LogP contribution is 2.28. The van der Waals surface area contributed by atoms with Gasteiger partial charge in [0.25, 0.3) is 5.56 Å². The molecule has 0 saturated heterocycles. The minimum absolute atomic E-state index is 0.226. The molecule has 7 nitrogen and oxygen atoms in total. The Morgan fingerprint density at radius 2 is 2.17 bits per heavy atom. The number of rotatable bonds is 1. The predicted molar refractivity (Wildman–Crippen MR) is 68.2 cm³/mol. The van der Waals surface area contributed by atoms with Gasteiger partial charge in [0.2, 0.25) is 0 Å². The highest BCUT2D eigenvalue weighted by Gasteiger charge is 2.18. The minimum atomic E-state index is -0.226. The molecule has 3 heterocycles. The van der Waals surface area contributed by atoms with Crippen LogP contribution in [0.25, 0.3) is 16.8 Å². The van der Waals surface area contributed by atoms with E-state index in [2.05, 4.69) is 36.1 Å². The number of nitrogens with one attached hydrogen (secondary N) is 1. The summed E-state index contributed by atoms with van der Waals surface area (Å²) < 4.78 is 3.96. The summed E-state index contributed by atoms with van der Waals surface area (Å²) in [6.45, 7) is 1.80. The van der Waals surface area contributed by atoms with Gasteiger partial charge >= 0.3 is 0 Å². The van der Waals surface area contributed by atoms with Gasteiger partial charge in [-0.15, -0.1) is 0 Å². The number of fused-ring (bicyclic) bond motifs is 1. The molecule has 0 saturated carbocycles. The van der Waals surface area contributed by atoms with Crippen LogP contribution in [0, 0.1) is 6.92 Å². The molecule has 0 bridgehead atoms. The zero-order valence-corrected chi connectivity index (χ0v) is 11.3. The number of aromatic amines is 1. The smallest absolute Gasteiger partial charge is 0.277 e. The van der Waals surface area contributed by atoms with Crippen molar-refractivity contribution in [2.24, 2.45) is 7.05 Å². The molecule has 1 N–H and O–H groups in total. The van der Waals surface area contributed by atoms with Gasteiger partial charge in [-0.25, -0.2) is 9.50 Å². The second-order valence-corrected chi connectivity index (χ2v) is 4.61. The van der Waals surface area contributed by atoms with Crippen LogP contribution < -0.4 is 5.56 Å². The average molecular weight is 309 g/mol. The normalized spacial score (nSPS) is 11.3. The van der Waals surface area contributed by atoms with E-state index < -0.39 is 0 Å². The van der Waals surface area contributed by atoms with Crippen LogP contribution in [-0.4, -0.2) is 29.4 Å². The fraction of sp³-hybridized carbons (Fsp3) is 0.200. The molecular weight excluding hydrogens is 300 g/mol. The van der Waals surface area contributed by atoms with Crippen LogP contribution in [0.4, 0.5) is 0 Å². The van der Waals surface area contributed by atoms with Crippen molar-refractivity contribution in [3.05, 3.63) is 33.3 Å². The third-order valence-electron chi connectivity index (χ3n) is 2.72.